The molecular formula is C13H21NO. The molecule has 0 spiro atoms. The van der Waals surface area contributed by atoms with Crippen LogP contribution in [0.4, 0.5) is 0 Å². The first-order valence-electron chi connectivity index (χ1n) is 6.02. The van der Waals surface area contributed by atoms with Crippen LogP contribution in [0.5, 0.6) is 0 Å². The van der Waals surface area contributed by atoms with Crippen LogP contribution in [-0.2, 0) is 0 Å². The van der Waals surface area contributed by atoms with E-state index in [1.54, 1.807) is 0 Å². The minimum atomic E-state index is 0.399. The lowest BCUT2D eigenvalue weighted by molar-refractivity contribution is 0.300. The van der Waals surface area contributed by atoms with Gasteiger partial charge in [-0.05, 0) is 50.3 Å². The average molecular weight is 207 g/mol. The van der Waals surface area contributed by atoms with Gasteiger partial charge in [0.25, 0.3) is 0 Å². The molecule has 1 saturated carbocycles. The highest BCUT2D eigenvalue weighted by atomic mass is 16.3. The number of aryl methyl sites for hydroxylation is 1. The summed E-state index contributed by atoms with van der Waals surface area (Å²) in [5.74, 6) is 3.71. The van der Waals surface area contributed by atoms with Crippen molar-refractivity contribution in [2.45, 2.75) is 39.7 Å². The summed E-state index contributed by atoms with van der Waals surface area (Å²) in [5.41, 5.74) is 0. The highest BCUT2D eigenvalue weighted by Crippen LogP contribution is 2.42. The predicted octanol–water partition coefficient (Wildman–Crippen LogP) is 3.28. The van der Waals surface area contributed by atoms with Gasteiger partial charge < -0.3 is 9.73 Å². The predicted molar refractivity (Wildman–Crippen MR) is 61.8 cm³/mol. The third-order valence-corrected chi connectivity index (χ3v) is 3.38. The van der Waals surface area contributed by atoms with Gasteiger partial charge in [-0.15, -0.1) is 0 Å². The van der Waals surface area contributed by atoms with Crippen LogP contribution in [-0.4, -0.2) is 6.54 Å². The van der Waals surface area contributed by atoms with E-state index in [1.807, 2.05) is 6.92 Å². The van der Waals surface area contributed by atoms with Crippen LogP contribution < -0.4 is 5.32 Å². The molecule has 0 aliphatic heterocycles. The highest BCUT2D eigenvalue weighted by Gasteiger charge is 2.34. The zero-order valence-electron chi connectivity index (χ0n) is 9.92. The van der Waals surface area contributed by atoms with Crippen LogP contribution in [0.25, 0.3) is 0 Å². The SMILES string of the molecule is CCNC(c1ccc(C)o1)C(C)C1CC1. The fourth-order valence-corrected chi connectivity index (χ4v) is 2.28. The minimum Gasteiger partial charge on any atom is -0.465 e. The standard InChI is InChI=1S/C13H21NO/c1-4-14-13(10(3)11-6-7-11)12-8-5-9(2)15-12/h5,8,10-11,13-14H,4,6-7H2,1-3H3. The first-order chi connectivity index (χ1) is 7.22. The lowest BCUT2D eigenvalue weighted by atomic mass is 9.94. The fourth-order valence-electron chi connectivity index (χ4n) is 2.28. The number of rotatable bonds is 5. The maximum Gasteiger partial charge on any atom is 0.121 e. The summed E-state index contributed by atoms with van der Waals surface area (Å²) in [4.78, 5) is 0. The van der Waals surface area contributed by atoms with E-state index < -0.39 is 0 Å². The lowest BCUT2D eigenvalue weighted by Gasteiger charge is -2.22. The number of nitrogens with one attached hydrogen (secondary N) is 1. The second-order valence-electron chi connectivity index (χ2n) is 4.68. The van der Waals surface area contributed by atoms with Crippen molar-refractivity contribution in [3.05, 3.63) is 23.7 Å². The van der Waals surface area contributed by atoms with E-state index in [9.17, 15) is 0 Å². The Morgan fingerprint density at radius 3 is 2.67 bits per heavy atom. The zero-order chi connectivity index (χ0) is 10.8. The van der Waals surface area contributed by atoms with Gasteiger partial charge in [0.15, 0.2) is 0 Å². The van der Waals surface area contributed by atoms with Crippen LogP contribution in [0, 0.1) is 18.8 Å². The topological polar surface area (TPSA) is 25.2 Å². The molecule has 0 bridgehead atoms. The third kappa shape index (κ3) is 2.43. The Morgan fingerprint density at radius 2 is 2.20 bits per heavy atom. The Labute approximate surface area is 92.1 Å². The second kappa shape index (κ2) is 4.40. The normalized spacial score (nSPS) is 20.2. The van der Waals surface area contributed by atoms with Crippen LogP contribution in [0.15, 0.2) is 16.5 Å². The van der Waals surface area contributed by atoms with Crippen molar-refractivity contribution in [1.82, 2.24) is 5.32 Å². The van der Waals surface area contributed by atoms with Gasteiger partial charge in [0.1, 0.15) is 11.5 Å². The Hall–Kier alpha value is -0.760. The van der Waals surface area contributed by atoms with E-state index in [2.05, 4.69) is 31.3 Å². The summed E-state index contributed by atoms with van der Waals surface area (Å²) in [7, 11) is 0. The van der Waals surface area contributed by atoms with E-state index >= 15 is 0 Å². The summed E-state index contributed by atoms with van der Waals surface area (Å²) < 4.78 is 5.73. The highest BCUT2D eigenvalue weighted by molar-refractivity contribution is 5.11. The molecule has 0 radical (unpaired) electrons. The van der Waals surface area contributed by atoms with Crippen LogP contribution in [0.1, 0.15) is 44.3 Å². The number of hydrogen-bond donors (Lipinski definition) is 1. The van der Waals surface area contributed by atoms with Crippen molar-refractivity contribution in [3.8, 4) is 0 Å². The Balaban J connectivity index is 2.10. The van der Waals surface area contributed by atoms with Gasteiger partial charge in [-0.2, -0.15) is 0 Å². The van der Waals surface area contributed by atoms with E-state index in [0.717, 1.165) is 24.0 Å². The molecule has 2 heteroatoms. The Morgan fingerprint density at radius 1 is 1.47 bits per heavy atom. The molecule has 2 nitrogen and oxygen atoms in total. The number of hydrogen-bond acceptors (Lipinski definition) is 2. The molecule has 15 heavy (non-hydrogen) atoms. The average Bonchev–Trinajstić information content (AvgIpc) is 2.98. The summed E-state index contributed by atoms with van der Waals surface area (Å²) in [6.07, 6.45) is 2.78. The second-order valence-corrected chi connectivity index (χ2v) is 4.68. The lowest BCUT2D eigenvalue weighted by Crippen LogP contribution is -2.27. The molecule has 1 N–H and O–H groups in total. The molecule has 1 aliphatic carbocycles. The van der Waals surface area contributed by atoms with Crippen molar-refractivity contribution in [2.75, 3.05) is 6.54 Å². The third-order valence-electron chi connectivity index (χ3n) is 3.38. The van der Waals surface area contributed by atoms with Gasteiger partial charge in [0.2, 0.25) is 0 Å². The zero-order valence-corrected chi connectivity index (χ0v) is 9.92. The fraction of sp³-hybridized carbons (Fsp3) is 0.692. The molecule has 2 unspecified atom stereocenters. The summed E-state index contributed by atoms with van der Waals surface area (Å²) in [5, 5.41) is 3.54. The van der Waals surface area contributed by atoms with Crippen molar-refractivity contribution in [2.24, 2.45) is 11.8 Å². The molecule has 1 aromatic heterocycles. The maximum atomic E-state index is 5.73. The van der Waals surface area contributed by atoms with Crippen LogP contribution in [0.3, 0.4) is 0 Å². The van der Waals surface area contributed by atoms with Gasteiger partial charge in [-0.1, -0.05) is 13.8 Å². The van der Waals surface area contributed by atoms with E-state index in [0.29, 0.717) is 12.0 Å². The molecular weight excluding hydrogens is 186 g/mol. The van der Waals surface area contributed by atoms with E-state index in [-0.39, 0.29) is 0 Å². The van der Waals surface area contributed by atoms with Crippen LogP contribution in [0.2, 0.25) is 0 Å². The molecule has 1 fully saturated rings. The van der Waals surface area contributed by atoms with Gasteiger partial charge in [-0.25, -0.2) is 0 Å². The molecule has 2 rings (SSSR count). The first-order valence-corrected chi connectivity index (χ1v) is 6.02. The molecule has 1 aliphatic rings. The smallest absolute Gasteiger partial charge is 0.121 e. The minimum absolute atomic E-state index is 0.399. The molecule has 0 aromatic carbocycles. The molecule has 2 atom stereocenters. The van der Waals surface area contributed by atoms with Crippen molar-refractivity contribution in [1.29, 1.82) is 0 Å². The van der Waals surface area contributed by atoms with Crippen LogP contribution >= 0.6 is 0 Å². The van der Waals surface area contributed by atoms with Crippen molar-refractivity contribution >= 4 is 0 Å². The Bertz CT molecular complexity index is 314. The van der Waals surface area contributed by atoms with Gasteiger partial charge in [0, 0.05) is 0 Å². The summed E-state index contributed by atoms with van der Waals surface area (Å²) in [6, 6.07) is 4.57. The monoisotopic (exact) mass is 207 g/mol. The maximum absolute atomic E-state index is 5.73. The molecule has 0 saturated heterocycles. The van der Waals surface area contributed by atoms with E-state index in [4.69, 9.17) is 4.42 Å². The summed E-state index contributed by atoms with van der Waals surface area (Å²) >= 11 is 0. The molecule has 1 heterocycles. The van der Waals surface area contributed by atoms with Gasteiger partial charge >= 0.3 is 0 Å². The van der Waals surface area contributed by atoms with Crippen molar-refractivity contribution in [3.63, 3.8) is 0 Å². The van der Waals surface area contributed by atoms with Gasteiger partial charge in [0.05, 0.1) is 6.04 Å². The van der Waals surface area contributed by atoms with Crippen molar-refractivity contribution < 1.29 is 4.42 Å². The molecule has 1 aromatic rings. The Kier molecular flexibility index (Phi) is 3.15. The van der Waals surface area contributed by atoms with Gasteiger partial charge in [-0.3, -0.25) is 0 Å². The quantitative estimate of drug-likeness (QED) is 0.801. The largest absolute Gasteiger partial charge is 0.465 e. The van der Waals surface area contributed by atoms with E-state index in [1.165, 1.54) is 12.8 Å². The molecule has 0 amide bonds. The first kappa shape index (κ1) is 10.7. The molecule has 84 valence electrons. The number of furan rings is 1. The summed E-state index contributed by atoms with van der Waals surface area (Å²) in [6.45, 7) is 7.50.